The largest absolute Gasteiger partial charge is 0.354 e. The van der Waals surface area contributed by atoms with Crippen molar-refractivity contribution in [3.8, 4) is 0 Å². The predicted molar refractivity (Wildman–Crippen MR) is 172 cm³/mol. The first-order valence-electron chi connectivity index (χ1n) is 13.9. The molecule has 0 spiro atoms. The predicted octanol–water partition coefficient (Wildman–Crippen LogP) is 5.09. The van der Waals surface area contributed by atoms with Crippen molar-refractivity contribution in [1.82, 2.24) is 14.5 Å². The maximum atomic E-state index is 14.4. The number of carbonyl (C=O) groups excluding carboxylic acids is 2. The topological polar surface area (TPSA) is 90.0 Å². The van der Waals surface area contributed by atoms with E-state index >= 15 is 0 Å². The summed E-state index contributed by atoms with van der Waals surface area (Å²) in [5.74, 6) is -0.552. The van der Waals surface area contributed by atoms with Crippen LogP contribution < -0.4 is 9.62 Å². The van der Waals surface area contributed by atoms with E-state index < -0.39 is 28.7 Å². The molecule has 0 saturated carbocycles. The van der Waals surface area contributed by atoms with Gasteiger partial charge < -0.3 is 10.2 Å². The summed E-state index contributed by atoms with van der Waals surface area (Å²) >= 11 is 3.45. The van der Waals surface area contributed by atoms with Gasteiger partial charge in [-0.15, -0.1) is 0 Å². The van der Waals surface area contributed by atoms with Gasteiger partial charge in [-0.1, -0.05) is 84.4 Å². The molecule has 0 heterocycles. The lowest BCUT2D eigenvalue weighted by Gasteiger charge is -2.35. The molecule has 0 aliphatic carbocycles. The Bertz CT molecular complexity index is 1460. The second-order valence-corrected chi connectivity index (χ2v) is 14.1. The fraction of sp³-hybridized carbons (Fsp3) is 0.375. The molecule has 3 aromatic carbocycles. The number of nitrogens with one attached hydrogen (secondary N) is 1. The second kappa shape index (κ2) is 14.8. The van der Waals surface area contributed by atoms with Crippen molar-refractivity contribution in [1.29, 1.82) is 0 Å². The summed E-state index contributed by atoms with van der Waals surface area (Å²) in [6, 6.07) is 21.7. The molecule has 42 heavy (non-hydrogen) atoms. The van der Waals surface area contributed by atoms with Crippen LogP contribution in [0, 0.1) is 19.8 Å². The number of carbonyl (C=O) groups is 2. The van der Waals surface area contributed by atoms with Crippen molar-refractivity contribution in [2.24, 2.45) is 5.92 Å². The molecule has 10 heteroatoms. The van der Waals surface area contributed by atoms with Gasteiger partial charge in [-0.05, 0) is 60.2 Å². The molecule has 1 N–H and O–H groups in total. The summed E-state index contributed by atoms with van der Waals surface area (Å²) in [5, 5.41) is 3.00. The molecule has 0 aromatic heterocycles. The van der Waals surface area contributed by atoms with Gasteiger partial charge in [0.25, 0.3) is 0 Å². The van der Waals surface area contributed by atoms with E-state index in [1.54, 1.807) is 6.07 Å². The van der Waals surface area contributed by atoms with Gasteiger partial charge >= 0.3 is 10.2 Å². The fourth-order valence-electron chi connectivity index (χ4n) is 4.45. The van der Waals surface area contributed by atoms with Gasteiger partial charge in [-0.2, -0.15) is 12.7 Å². The van der Waals surface area contributed by atoms with Crippen LogP contribution in [0.5, 0.6) is 0 Å². The molecular weight excluding hydrogens is 616 g/mol. The zero-order valence-electron chi connectivity index (χ0n) is 25.2. The van der Waals surface area contributed by atoms with E-state index in [4.69, 9.17) is 0 Å². The minimum Gasteiger partial charge on any atom is -0.354 e. The van der Waals surface area contributed by atoms with Crippen LogP contribution >= 0.6 is 15.9 Å². The zero-order chi connectivity index (χ0) is 31.0. The summed E-state index contributed by atoms with van der Waals surface area (Å²) in [4.78, 5) is 29.6. The summed E-state index contributed by atoms with van der Waals surface area (Å²) in [6.07, 6.45) is 0.275. The zero-order valence-corrected chi connectivity index (χ0v) is 27.6. The van der Waals surface area contributed by atoms with Crippen LogP contribution in [0.1, 0.15) is 36.1 Å². The lowest BCUT2D eigenvalue weighted by Crippen LogP contribution is -2.54. The molecule has 1 unspecified atom stereocenters. The highest BCUT2D eigenvalue weighted by Crippen LogP contribution is 2.26. The van der Waals surface area contributed by atoms with Crippen molar-refractivity contribution >= 4 is 43.6 Å². The lowest BCUT2D eigenvalue weighted by molar-refractivity contribution is -0.140. The summed E-state index contributed by atoms with van der Waals surface area (Å²) in [5.41, 5.74) is 3.71. The first-order chi connectivity index (χ1) is 19.8. The number of aryl methyl sites for hydroxylation is 2. The summed E-state index contributed by atoms with van der Waals surface area (Å²) in [7, 11) is -1.17. The summed E-state index contributed by atoms with van der Waals surface area (Å²) in [6.45, 7) is 7.81. The number of hydrogen-bond acceptors (Lipinski definition) is 4. The minimum atomic E-state index is -4.05. The number of rotatable bonds is 13. The highest BCUT2D eigenvalue weighted by atomic mass is 79.9. The van der Waals surface area contributed by atoms with Crippen LogP contribution in [-0.2, 0) is 32.8 Å². The molecule has 1 atom stereocenters. The number of anilines is 1. The Morgan fingerprint density at radius 2 is 1.55 bits per heavy atom. The Kier molecular flexibility index (Phi) is 11.7. The number of benzene rings is 3. The van der Waals surface area contributed by atoms with E-state index in [1.165, 1.54) is 19.0 Å². The highest BCUT2D eigenvalue weighted by molar-refractivity contribution is 9.10. The molecule has 0 bridgehead atoms. The average molecular weight is 658 g/mol. The van der Waals surface area contributed by atoms with Gasteiger partial charge in [0, 0.05) is 38.1 Å². The van der Waals surface area contributed by atoms with Gasteiger partial charge in [0.2, 0.25) is 11.8 Å². The smallest absolute Gasteiger partial charge is 0.304 e. The number of halogens is 1. The van der Waals surface area contributed by atoms with Gasteiger partial charge in [0.05, 0.1) is 5.69 Å². The molecule has 0 saturated heterocycles. The van der Waals surface area contributed by atoms with Crippen molar-refractivity contribution in [2.75, 3.05) is 31.5 Å². The van der Waals surface area contributed by atoms with E-state index in [2.05, 4.69) is 21.2 Å². The monoisotopic (exact) mass is 656 g/mol. The van der Waals surface area contributed by atoms with Crippen LogP contribution in [0.2, 0.25) is 0 Å². The van der Waals surface area contributed by atoms with Crippen LogP contribution in [0.25, 0.3) is 0 Å². The maximum absolute atomic E-state index is 14.4. The van der Waals surface area contributed by atoms with Gasteiger partial charge in [0.1, 0.15) is 12.6 Å². The normalized spacial score (nSPS) is 12.3. The van der Waals surface area contributed by atoms with E-state index in [-0.39, 0.29) is 24.8 Å². The third-order valence-corrected chi connectivity index (χ3v) is 9.21. The summed E-state index contributed by atoms with van der Waals surface area (Å²) < 4.78 is 30.4. The third-order valence-electron chi connectivity index (χ3n) is 6.87. The third kappa shape index (κ3) is 8.89. The van der Waals surface area contributed by atoms with E-state index in [0.717, 1.165) is 29.8 Å². The van der Waals surface area contributed by atoms with Gasteiger partial charge in [0.15, 0.2) is 0 Å². The van der Waals surface area contributed by atoms with Crippen LogP contribution in [0.4, 0.5) is 5.69 Å². The minimum absolute atomic E-state index is 0.126. The lowest BCUT2D eigenvalue weighted by atomic mass is 10.0. The Morgan fingerprint density at radius 1 is 0.905 bits per heavy atom. The van der Waals surface area contributed by atoms with Crippen LogP contribution in [0.3, 0.4) is 0 Å². The number of hydrogen-bond donors (Lipinski definition) is 1. The molecule has 3 rings (SSSR count). The number of amides is 2. The first kappa shape index (κ1) is 33.3. The second-order valence-electron chi connectivity index (χ2n) is 11.1. The standard InChI is InChI=1S/C32H41BrN4O4S/c1-23(2)20-34-32(39)30(19-26-10-8-7-9-11-26)36(21-27-14-16-28(33)17-15-27)31(38)22-37(42(40,41)35(5)6)29-18-24(3)12-13-25(29)4/h7-18,23,30H,19-22H2,1-6H3,(H,34,39). The SMILES string of the molecule is Cc1ccc(C)c(N(CC(=O)N(Cc2ccc(Br)cc2)C(Cc2ccccc2)C(=O)NCC(C)C)S(=O)(=O)N(C)C)c1. The molecule has 3 aromatic rings. The van der Waals surface area contributed by atoms with Crippen molar-refractivity contribution in [3.63, 3.8) is 0 Å². The van der Waals surface area contributed by atoms with Gasteiger partial charge in [-0.25, -0.2) is 4.31 Å². The average Bonchev–Trinajstić information content (AvgIpc) is 2.95. The molecule has 8 nitrogen and oxygen atoms in total. The Labute approximate surface area is 259 Å². The van der Waals surface area contributed by atoms with Crippen LogP contribution in [-0.4, -0.2) is 62.7 Å². The Balaban J connectivity index is 2.11. The maximum Gasteiger partial charge on any atom is 0.304 e. The molecule has 0 aliphatic rings. The molecule has 2 amide bonds. The molecule has 0 radical (unpaired) electrons. The van der Waals surface area contributed by atoms with E-state index in [9.17, 15) is 18.0 Å². The van der Waals surface area contributed by atoms with Gasteiger partial charge in [-0.3, -0.25) is 9.59 Å². The molecular formula is C32H41BrN4O4S. The molecule has 0 aliphatic heterocycles. The fourth-order valence-corrected chi connectivity index (χ4v) is 5.83. The quantitative estimate of drug-likeness (QED) is 0.278. The molecule has 226 valence electrons. The first-order valence-corrected chi connectivity index (χ1v) is 16.1. The van der Waals surface area contributed by atoms with E-state index in [1.807, 2.05) is 94.4 Å². The number of nitrogens with zero attached hydrogens (tertiary/aromatic N) is 3. The Hall–Kier alpha value is -3.21. The molecule has 0 fully saturated rings. The van der Waals surface area contributed by atoms with Crippen LogP contribution in [0.15, 0.2) is 77.3 Å². The van der Waals surface area contributed by atoms with E-state index in [0.29, 0.717) is 17.8 Å². The van der Waals surface area contributed by atoms with Crippen molar-refractivity contribution < 1.29 is 18.0 Å². The Morgan fingerprint density at radius 3 is 2.14 bits per heavy atom. The van der Waals surface area contributed by atoms with Crippen molar-refractivity contribution in [2.45, 2.75) is 46.7 Å². The highest BCUT2D eigenvalue weighted by Gasteiger charge is 2.35. The van der Waals surface area contributed by atoms with Crippen molar-refractivity contribution in [3.05, 3.63) is 99.5 Å².